The Morgan fingerprint density at radius 3 is 2.52 bits per heavy atom. The van der Waals surface area contributed by atoms with Gasteiger partial charge in [0.2, 0.25) is 0 Å². The van der Waals surface area contributed by atoms with Gasteiger partial charge in [-0.25, -0.2) is 0 Å². The van der Waals surface area contributed by atoms with E-state index < -0.39 is 0 Å². The van der Waals surface area contributed by atoms with Crippen molar-refractivity contribution in [2.45, 2.75) is 19.9 Å². The van der Waals surface area contributed by atoms with Crippen LogP contribution in [0.3, 0.4) is 0 Å². The predicted molar refractivity (Wildman–Crippen MR) is 91.9 cm³/mol. The van der Waals surface area contributed by atoms with Crippen LogP contribution in [-0.4, -0.2) is 49.6 Å². The Bertz CT molecular complexity index is 676. The van der Waals surface area contributed by atoms with Crippen LogP contribution < -0.4 is 9.64 Å². The standard InChI is InChI=1S/C19H24N2O2/c1-15(2)20-9-11-21(12-10-20)19(22)14-23-18-8-7-16-5-3-4-6-17(16)13-18/h3-8,13,15H,9-12,14H2,1-2H3/p+1. The average molecular weight is 313 g/mol. The Kier molecular flexibility index (Phi) is 4.82. The van der Waals surface area contributed by atoms with Gasteiger partial charge in [-0.3, -0.25) is 4.79 Å². The van der Waals surface area contributed by atoms with Gasteiger partial charge in [0.15, 0.2) is 6.61 Å². The Balaban J connectivity index is 1.54. The summed E-state index contributed by atoms with van der Waals surface area (Å²) in [6, 6.07) is 14.7. The molecule has 4 heteroatoms. The second-order valence-corrected chi connectivity index (χ2v) is 6.49. The Hall–Kier alpha value is -2.07. The number of carbonyl (C=O) groups excluding carboxylic acids is 1. The summed E-state index contributed by atoms with van der Waals surface area (Å²) >= 11 is 0. The molecule has 0 spiro atoms. The van der Waals surface area contributed by atoms with Crippen LogP contribution >= 0.6 is 0 Å². The van der Waals surface area contributed by atoms with E-state index >= 15 is 0 Å². The fourth-order valence-corrected chi connectivity index (χ4v) is 3.11. The highest BCUT2D eigenvalue weighted by Crippen LogP contribution is 2.20. The van der Waals surface area contributed by atoms with Crippen molar-refractivity contribution in [1.29, 1.82) is 0 Å². The molecule has 0 unspecified atom stereocenters. The molecule has 1 amide bonds. The number of fused-ring (bicyclic) bond motifs is 1. The van der Waals surface area contributed by atoms with E-state index in [-0.39, 0.29) is 12.5 Å². The van der Waals surface area contributed by atoms with Crippen LogP contribution in [0, 0.1) is 0 Å². The van der Waals surface area contributed by atoms with Gasteiger partial charge in [0.25, 0.3) is 5.91 Å². The van der Waals surface area contributed by atoms with Gasteiger partial charge in [-0.15, -0.1) is 0 Å². The van der Waals surface area contributed by atoms with Crippen LogP contribution in [0.1, 0.15) is 13.8 Å². The maximum absolute atomic E-state index is 12.3. The molecular weight excluding hydrogens is 288 g/mol. The minimum atomic E-state index is 0.0842. The molecule has 4 nitrogen and oxygen atoms in total. The number of carbonyl (C=O) groups is 1. The minimum Gasteiger partial charge on any atom is -0.484 e. The lowest BCUT2D eigenvalue weighted by Crippen LogP contribution is -3.17. The van der Waals surface area contributed by atoms with Crippen LogP contribution in [0.4, 0.5) is 0 Å². The van der Waals surface area contributed by atoms with Crippen molar-refractivity contribution in [3.63, 3.8) is 0 Å². The van der Waals surface area contributed by atoms with Crippen molar-refractivity contribution in [1.82, 2.24) is 4.90 Å². The highest BCUT2D eigenvalue weighted by Gasteiger charge is 2.25. The summed E-state index contributed by atoms with van der Waals surface area (Å²) in [7, 11) is 0. The van der Waals surface area contributed by atoms with E-state index in [4.69, 9.17) is 4.74 Å². The quantitative estimate of drug-likeness (QED) is 0.925. The number of benzene rings is 2. The zero-order valence-corrected chi connectivity index (χ0v) is 13.9. The van der Waals surface area contributed by atoms with E-state index in [0.29, 0.717) is 6.04 Å². The summed E-state index contributed by atoms with van der Waals surface area (Å²) in [6.07, 6.45) is 0. The zero-order chi connectivity index (χ0) is 16.2. The Labute approximate surface area is 137 Å². The van der Waals surface area contributed by atoms with Crippen LogP contribution in [0.25, 0.3) is 10.8 Å². The van der Waals surface area contributed by atoms with Gasteiger partial charge in [0.1, 0.15) is 5.75 Å². The molecule has 1 aliphatic rings. The molecule has 1 aliphatic heterocycles. The monoisotopic (exact) mass is 313 g/mol. The highest BCUT2D eigenvalue weighted by molar-refractivity contribution is 5.84. The Morgan fingerprint density at radius 1 is 1.13 bits per heavy atom. The first-order valence-electron chi connectivity index (χ1n) is 8.37. The molecule has 1 N–H and O–H groups in total. The maximum atomic E-state index is 12.3. The third-order valence-electron chi connectivity index (χ3n) is 4.66. The maximum Gasteiger partial charge on any atom is 0.260 e. The smallest absolute Gasteiger partial charge is 0.260 e. The largest absolute Gasteiger partial charge is 0.484 e. The molecule has 1 heterocycles. The van der Waals surface area contributed by atoms with E-state index in [0.717, 1.165) is 37.3 Å². The molecule has 23 heavy (non-hydrogen) atoms. The number of nitrogens with zero attached hydrogens (tertiary/aromatic N) is 1. The minimum absolute atomic E-state index is 0.0842. The first kappa shape index (κ1) is 15.8. The number of nitrogens with one attached hydrogen (secondary N) is 1. The molecule has 0 saturated carbocycles. The third kappa shape index (κ3) is 3.82. The lowest BCUT2D eigenvalue weighted by atomic mass is 10.1. The third-order valence-corrected chi connectivity index (χ3v) is 4.66. The second-order valence-electron chi connectivity index (χ2n) is 6.49. The fourth-order valence-electron chi connectivity index (χ4n) is 3.11. The van der Waals surface area contributed by atoms with Gasteiger partial charge >= 0.3 is 0 Å². The first-order valence-corrected chi connectivity index (χ1v) is 8.37. The normalized spacial score (nSPS) is 16.0. The predicted octanol–water partition coefficient (Wildman–Crippen LogP) is 1.35. The summed E-state index contributed by atoms with van der Waals surface area (Å²) in [4.78, 5) is 15.8. The topological polar surface area (TPSA) is 34.0 Å². The number of quaternary nitrogens is 1. The van der Waals surface area contributed by atoms with Crippen LogP contribution in [0.2, 0.25) is 0 Å². The van der Waals surface area contributed by atoms with Gasteiger partial charge in [0, 0.05) is 0 Å². The molecular formula is C19H25N2O2+. The molecule has 0 bridgehead atoms. The lowest BCUT2D eigenvalue weighted by Gasteiger charge is -2.34. The van der Waals surface area contributed by atoms with Gasteiger partial charge in [-0.05, 0) is 36.8 Å². The van der Waals surface area contributed by atoms with E-state index in [1.807, 2.05) is 35.2 Å². The molecule has 2 aromatic rings. The van der Waals surface area contributed by atoms with E-state index in [1.165, 1.54) is 5.39 Å². The molecule has 2 aromatic carbocycles. The van der Waals surface area contributed by atoms with Crippen molar-refractivity contribution in [2.24, 2.45) is 0 Å². The fraction of sp³-hybridized carbons (Fsp3) is 0.421. The van der Waals surface area contributed by atoms with Crippen LogP contribution in [-0.2, 0) is 4.79 Å². The molecule has 122 valence electrons. The van der Waals surface area contributed by atoms with E-state index in [1.54, 1.807) is 4.90 Å². The molecule has 0 radical (unpaired) electrons. The number of rotatable bonds is 4. The summed E-state index contributed by atoms with van der Waals surface area (Å²) in [5, 5.41) is 2.31. The summed E-state index contributed by atoms with van der Waals surface area (Å²) in [5.41, 5.74) is 0. The second kappa shape index (κ2) is 7.01. The number of hydrogen-bond donors (Lipinski definition) is 1. The lowest BCUT2D eigenvalue weighted by molar-refractivity contribution is -0.925. The number of piperazine rings is 1. The molecule has 0 atom stereocenters. The number of amides is 1. The Morgan fingerprint density at radius 2 is 1.83 bits per heavy atom. The summed E-state index contributed by atoms with van der Waals surface area (Å²) < 4.78 is 5.71. The molecule has 0 aliphatic carbocycles. The van der Waals surface area contributed by atoms with E-state index in [9.17, 15) is 4.79 Å². The molecule has 3 rings (SSSR count). The van der Waals surface area contributed by atoms with Crippen molar-refractivity contribution < 1.29 is 14.4 Å². The van der Waals surface area contributed by atoms with Crippen LogP contribution in [0.5, 0.6) is 5.75 Å². The van der Waals surface area contributed by atoms with Gasteiger partial charge in [-0.2, -0.15) is 0 Å². The number of ether oxygens (including phenoxy) is 1. The van der Waals surface area contributed by atoms with Gasteiger partial charge in [-0.1, -0.05) is 30.3 Å². The molecule has 1 saturated heterocycles. The van der Waals surface area contributed by atoms with Crippen molar-refractivity contribution in [2.75, 3.05) is 32.8 Å². The number of hydrogen-bond acceptors (Lipinski definition) is 2. The summed E-state index contributed by atoms with van der Waals surface area (Å²) in [6.45, 7) is 8.29. The highest BCUT2D eigenvalue weighted by atomic mass is 16.5. The molecule has 0 aromatic heterocycles. The van der Waals surface area contributed by atoms with Crippen LogP contribution in [0.15, 0.2) is 42.5 Å². The average Bonchev–Trinajstić information content (AvgIpc) is 2.59. The zero-order valence-electron chi connectivity index (χ0n) is 13.9. The summed E-state index contributed by atoms with van der Waals surface area (Å²) in [5.74, 6) is 0.837. The van der Waals surface area contributed by atoms with Crippen molar-refractivity contribution >= 4 is 16.7 Å². The van der Waals surface area contributed by atoms with Crippen molar-refractivity contribution in [3.05, 3.63) is 42.5 Å². The SMILES string of the molecule is CC(C)[NH+]1CCN(C(=O)COc2ccc3ccccc3c2)CC1. The van der Waals surface area contributed by atoms with Gasteiger partial charge < -0.3 is 14.5 Å². The first-order chi connectivity index (χ1) is 11.1. The van der Waals surface area contributed by atoms with Crippen molar-refractivity contribution in [3.8, 4) is 5.75 Å². The molecule has 1 fully saturated rings. The van der Waals surface area contributed by atoms with Gasteiger partial charge in [0.05, 0.1) is 32.2 Å². The van der Waals surface area contributed by atoms with E-state index in [2.05, 4.69) is 26.0 Å².